The minimum Gasteiger partial charge on any atom is -0.276 e. The van der Waals surface area contributed by atoms with Crippen molar-refractivity contribution in [3.63, 3.8) is 0 Å². The topological polar surface area (TPSA) is 62.0 Å². The van der Waals surface area contributed by atoms with Gasteiger partial charge in [0.1, 0.15) is 6.34 Å². The lowest BCUT2D eigenvalue weighted by Crippen LogP contribution is -2.50. The van der Waals surface area contributed by atoms with Crippen LogP contribution in [0, 0.1) is 10.1 Å². The number of rotatable bonds is 3. The second kappa shape index (κ2) is 3.81. The molecule has 1 aliphatic heterocycles. The van der Waals surface area contributed by atoms with Crippen LogP contribution in [0.2, 0.25) is 0 Å². The van der Waals surface area contributed by atoms with Gasteiger partial charge in [0.2, 0.25) is 0 Å². The molecule has 6 nitrogen and oxygen atoms in total. The number of hydrogen-bond donors (Lipinski definition) is 0. The van der Waals surface area contributed by atoms with Crippen molar-refractivity contribution in [2.24, 2.45) is 5.10 Å². The third kappa shape index (κ3) is 1.78. The molecule has 1 aliphatic rings. The smallest absolute Gasteiger partial charge is 0.276 e. The maximum Gasteiger partial charge on any atom is 0.384 e. The van der Waals surface area contributed by atoms with Gasteiger partial charge in [0.05, 0.1) is 11.0 Å². The maximum absolute atomic E-state index is 10.9. The molecule has 0 bridgehead atoms. The first-order valence-electron chi connectivity index (χ1n) is 4.68. The van der Waals surface area contributed by atoms with Crippen molar-refractivity contribution in [2.45, 2.75) is 46.1 Å². The third-order valence-corrected chi connectivity index (χ3v) is 2.14. The van der Waals surface area contributed by atoms with E-state index in [2.05, 4.69) is 5.10 Å². The highest BCUT2D eigenvalue weighted by Crippen LogP contribution is 2.18. The van der Waals surface area contributed by atoms with E-state index in [9.17, 15) is 10.1 Å². The van der Waals surface area contributed by atoms with Gasteiger partial charge in [0.15, 0.2) is 0 Å². The van der Waals surface area contributed by atoms with Crippen molar-refractivity contribution in [3.8, 4) is 0 Å². The van der Waals surface area contributed by atoms with Crippen molar-refractivity contribution in [3.05, 3.63) is 10.1 Å². The van der Waals surface area contributed by atoms with Gasteiger partial charge in [-0.1, -0.05) is 0 Å². The Morgan fingerprint density at radius 2 is 1.93 bits per heavy atom. The second-order valence-electron chi connectivity index (χ2n) is 3.88. The molecule has 0 aromatic heterocycles. The van der Waals surface area contributed by atoms with Crippen molar-refractivity contribution < 1.29 is 4.92 Å². The summed E-state index contributed by atoms with van der Waals surface area (Å²) >= 11 is 0. The fourth-order valence-electron chi connectivity index (χ4n) is 1.38. The predicted molar refractivity (Wildman–Crippen MR) is 53.2 cm³/mol. The normalized spacial score (nSPS) is 21.4. The summed E-state index contributed by atoms with van der Waals surface area (Å²) in [5, 5.41) is 16.4. The van der Waals surface area contributed by atoms with E-state index in [4.69, 9.17) is 0 Å². The van der Waals surface area contributed by atoms with Crippen LogP contribution in [0.25, 0.3) is 0 Å². The zero-order valence-corrected chi connectivity index (χ0v) is 8.91. The Morgan fingerprint density at radius 1 is 1.36 bits per heavy atom. The zero-order chi connectivity index (χ0) is 10.9. The van der Waals surface area contributed by atoms with E-state index in [0.29, 0.717) is 0 Å². The van der Waals surface area contributed by atoms with Crippen LogP contribution in [-0.2, 0) is 0 Å². The number of hydrazone groups is 1. The van der Waals surface area contributed by atoms with Gasteiger partial charge in [-0.05, 0) is 27.7 Å². The van der Waals surface area contributed by atoms with Crippen LogP contribution >= 0.6 is 0 Å². The van der Waals surface area contributed by atoms with E-state index in [-0.39, 0.29) is 17.0 Å². The summed E-state index contributed by atoms with van der Waals surface area (Å²) in [6, 6.07) is 0.114. The zero-order valence-electron chi connectivity index (χ0n) is 8.91. The lowest BCUT2D eigenvalue weighted by Gasteiger charge is -2.27. The quantitative estimate of drug-likeness (QED) is 0.502. The Labute approximate surface area is 83.3 Å². The summed E-state index contributed by atoms with van der Waals surface area (Å²) in [6.45, 7) is 7.59. The van der Waals surface area contributed by atoms with Gasteiger partial charge in [-0.15, -0.1) is 0 Å². The van der Waals surface area contributed by atoms with Crippen molar-refractivity contribution in [1.29, 1.82) is 0 Å². The summed E-state index contributed by atoms with van der Waals surface area (Å²) in [4.78, 5) is 12.2. The van der Waals surface area contributed by atoms with Gasteiger partial charge in [0.25, 0.3) is 0 Å². The first kappa shape index (κ1) is 10.7. The van der Waals surface area contributed by atoms with Gasteiger partial charge < -0.3 is 0 Å². The van der Waals surface area contributed by atoms with Crippen molar-refractivity contribution >= 4 is 6.34 Å². The largest absolute Gasteiger partial charge is 0.384 e. The number of nitro groups is 1. The molecule has 1 rings (SSSR count). The molecule has 0 amide bonds. The Kier molecular flexibility index (Phi) is 2.93. The molecule has 0 radical (unpaired) electrons. The van der Waals surface area contributed by atoms with E-state index in [1.165, 1.54) is 11.3 Å². The highest BCUT2D eigenvalue weighted by atomic mass is 16.6. The van der Waals surface area contributed by atoms with E-state index < -0.39 is 6.29 Å². The Hall–Kier alpha value is -1.33. The van der Waals surface area contributed by atoms with Crippen LogP contribution in [0.5, 0.6) is 0 Å². The highest BCUT2D eigenvalue weighted by molar-refractivity contribution is 5.57. The molecule has 0 aliphatic carbocycles. The standard InChI is InChI=1S/C8H16N4O2/c1-6(2)10-5-9-11(7(3)4)8(10)12(13)14/h5-8H,1-4H3. The summed E-state index contributed by atoms with van der Waals surface area (Å²) in [5.74, 6) is 0. The molecule has 80 valence electrons. The average molecular weight is 200 g/mol. The minimum atomic E-state index is -0.852. The second-order valence-corrected chi connectivity index (χ2v) is 3.88. The first-order chi connectivity index (χ1) is 6.45. The lowest BCUT2D eigenvalue weighted by molar-refractivity contribution is -0.574. The molecule has 6 heteroatoms. The van der Waals surface area contributed by atoms with E-state index in [0.717, 1.165) is 0 Å². The molecule has 1 unspecified atom stereocenters. The maximum atomic E-state index is 10.9. The summed E-state index contributed by atoms with van der Waals surface area (Å²) < 4.78 is 0. The van der Waals surface area contributed by atoms with Crippen LogP contribution in [0.1, 0.15) is 27.7 Å². The predicted octanol–water partition coefficient (Wildman–Crippen LogP) is 0.924. The highest BCUT2D eigenvalue weighted by Gasteiger charge is 2.40. The van der Waals surface area contributed by atoms with Gasteiger partial charge >= 0.3 is 6.29 Å². The fraction of sp³-hybridized carbons (Fsp3) is 0.875. The van der Waals surface area contributed by atoms with Crippen LogP contribution in [-0.4, -0.2) is 39.5 Å². The van der Waals surface area contributed by atoms with Gasteiger partial charge in [-0.25, -0.2) is 5.01 Å². The molecule has 1 atom stereocenters. The third-order valence-electron chi connectivity index (χ3n) is 2.14. The molecule has 0 saturated carbocycles. The van der Waals surface area contributed by atoms with Crippen molar-refractivity contribution in [1.82, 2.24) is 9.91 Å². The summed E-state index contributed by atoms with van der Waals surface area (Å²) in [7, 11) is 0. The molecule has 14 heavy (non-hydrogen) atoms. The molecule has 0 aromatic carbocycles. The van der Waals surface area contributed by atoms with Gasteiger partial charge in [-0.3, -0.25) is 15.0 Å². The molecule has 0 spiro atoms. The van der Waals surface area contributed by atoms with Crippen LogP contribution in [0.3, 0.4) is 0 Å². The van der Waals surface area contributed by atoms with E-state index in [1.54, 1.807) is 4.90 Å². The number of nitrogens with zero attached hydrogens (tertiary/aromatic N) is 4. The lowest BCUT2D eigenvalue weighted by atomic mass is 10.3. The Bertz CT molecular complexity index is 234. The van der Waals surface area contributed by atoms with Crippen molar-refractivity contribution in [2.75, 3.05) is 0 Å². The molecule has 0 saturated heterocycles. The molecule has 1 heterocycles. The molecular formula is C8H16N4O2. The monoisotopic (exact) mass is 200 g/mol. The van der Waals surface area contributed by atoms with Crippen LogP contribution < -0.4 is 0 Å². The summed E-state index contributed by atoms with van der Waals surface area (Å²) in [5.41, 5.74) is 0. The van der Waals surface area contributed by atoms with Crippen LogP contribution in [0.15, 0.2) is 5.10 Å². The Morgan fingerprint density at radius 3 is 2.29 bits per heavy atom. The molecule has 0 aromatic rings. The van der Waals surface area contributed by atoms with E-state index in [1.807, 2.05) is 27.7 Å². The average Bonchev–Trinajstić information content (AvgIpc) is 2.46. The molecular weight excluding hydrogens is 184 g/mol. The first-order valence-corrected chi connectivity index (χ1v) is 4.68. The SMILES string of the molecule is CC(C)N1C=NN(C(C)C)C1[N+](=O)[O-]. The molecule has 0 N–H and O–H groups in total. The fourth-order valence-corrected chi connectivity index (χ4v) is 1.38. The Balaban J connectivity index is 2.85. The van der Waals surface area contributed by atoms with Gasteiger partial charge in [-0.2, -0.15) is 5.10 Å². The van der Waals surface area contributed by atoms with E-state index >= 15 is 0 Å². The van der Waals surface area contributed by atoms with Gasteiger partial charge in [0, 0.05) is 6.04 Å². The molecule has 0 fully saturated rings. The minimum absolute atomic E-state index is 0.0328. The number of hydrogen-bond acceptors (Lipinski definition) is 5. The summed E-state index contributed by atoms with van der Waals surface area (Å²) in [6.07, 6.45) is 0.688. The van der Waals surface area contributed by atoms with Crippen LogP contribution in [0.4, 0.5) is 0 Å².